The molecule has 1 aliphatic carbocycles. The van der Waals surface area contributed by atoms with Crippen molar-refractivity contribution >= 4 is 21.7 Å². The molecular formula is C13H20BrN3. The summed E-state index contributed by atoms with van der Waals surface area (Å²) in [5.41, 5.74) is 1.27. The minimum Gasteiger partial charge on any atom is -0.357 e. The maximum absolute atomic E-state index is 4.54. The van der Waals surface area contributed by atoms with E-state index >= 15 is 0 Å². The van der Waals surface area contributed by atoms with Crippen LogP contribution in [0.3, 0.4) is 0 Å². The summed E-state index contributed by atoms with van der Waals surface area (Å²) in [6.45, 7) is 5.27. The van der Waals surface area contributed by atoms with Gasteiger partial charge in [-0.2, -0.15) is 0 Å². The van der Waals surface area contributed by atoms with E-state index < -0.39 is 0 Å². The molecule has 1 aromatic heterocycles. The number of halogens is 1. The molecule has 0 atom stereocenters. The number of hydrogen-bond donors (Lipinski definition) is 1. The van der Waals surface area contributed by atoms with Crippen LogP contribution in [0, 0.1) is 0 Å². The van der Waals surface area contributed by atoms with Crippen molar-refractivity contribution in [1.82, 2.24) is 10.3 Å². The van der Waals surface area contributed by atoms with Gasteiger partial charge in [0.25, 0.3) is 0 Å². The zero-order valence-electron chi connectivity index (χ0n) is 10.7. The molecule has 1 N–H and O–H groups in total. The van der Waals surface area contributed by atoms with E-state index in [0.29, 0.717) is 6.04 Å². The van der Waals surface area contributed by atoms with Crippen LogP contribution in [0.4, 0.5) is 5.82 Å². The predicted molar refractivity (Wildman–Crippen MR) is 75.3 cm³/mol. The smallest absolute Gasteiger partial charge is 0.133 e. The lowest BCUT2D eigenvalue weighted by molar-refractivity contribution is 0.674. The molecule has 0 saturated heterocycles. The molecule has 0 bridgehead atoms. The summed E-state index contributed by atoms with van der Waals surface area (Å²) >= 11 is 3.50. The topological polar surface area (TPSA) is 28.2 Å². The van der Waals surface area contributed by atoms with Crippen LogP contribution in [0.5, 0.6) is 0 Å². The third-order valence-corrected chi connectivity index (χ3v) is 3.61. The van der Waals surface area contributed by atoms with Gasteiger partial charge in [0.15, 0.2) is 0 Å². The third-order valence-electron chi connectivity index (χ3n) is 3.18. The molecule has 4 heteroatoms. The van der Waals surface area contributed by atoms with E-state index in [0.717, 1.165) is 22.9 Å². The quantitative estimate of drug-likeness (QED) is 0.906. The second-order valence-corrected chi connectivity index (χ2v) is 5.91. The summed E-state index contributed by atoms with van der Waals surface area (Å²) in [5.74, 6) is 1.08. The standard InChI is InChI=1S/C13H20BrN3/c1-9(2)17(3)13-10(6-11(14)8-16-13)7-15-12-4-5-12/h6,8-9,12,15H,4-5,7H2,1-3H3. The molecular weight excluding hydrogens is 278 g/mol. The molecule has 0 aliphatic heterocycles. The molecule has 1 fully saturated rings. The number of hydrogen-bond acceptors (Lipinski definition) is 3. The average molecular weight is 298 g/mol. The second-order valence-electron chi connectivity index (χ2n) is 5.00. The molecule has 0 unspecified atom stereocenters. The Kier molecular flexibility index (Phi) is 4.05. The van der Waals surface area contributed by atoms with E-state index in [9.17, 15) is 0 Å². The van der Waals surface area contributed by atoms with E-state index in [2.05, 4.69) is 58.1 Å². The normalized spacial score (nSPS) is 15.4. The molecule has 17 heavy (non-hydrogen) atoms. The van der Waals surface area contributed by atoms with Crippen molar-refractivity contribution in [1.29, 1.82) is 0 Å². The predicted octanol–water partition coefficient (Wildman–Crippen LogP) is 2.94. The monoisotopic (exact) mass is 297 g/mol. The Morgan fingerprint density at radius 2 is 2.24 bits per heavy atom. The highest BCUT2D eigenvalue weighted by atomic mass is 79.9. The summed E-state index contributed by atoms with van der Waals surface area (Å²) in [7, 11) is 2.10. The first-order valence-electron chi connectivity index (χ1n) is 6.18. The van der Waals surface area contributed by atoms with Crippen LogP contribution >= 0.6 is 15.9 Å². The molecule has 0 aromatic carbocycles. The van der Waals surface area contributed by atoms with Gasteiger partial charge in [-0.3, -0.25) is 0 Å². The van der Waals surface area contributed by atoms with Crippen LogP contribution in [-0.4, -0.2) is 24.1 Å². The van der Waals surface area contributed by atoms with Gasteiger partial charge in [0, 0.05) is 41.9 Å². The van der Waals surface area contributed by atoms with E-state index in [1.165, 1.54) is 18.4 Å². The lowest BCUT2D eigenvalue weighted by Gasteiger charge is -2.25. The number of nitrogens with one attached hydrogen (secondary N) is 1. The van der Waals surface area contributed by atoms with Crippen molar-refractivity contribution in [2.75, 3.05) is 11.9 Å². The fraction of sp³-hybridized carbons (Fsp3) is 0.615. The number of pyridine rings is 1. The van der Waals surface area contributed by atoms with Gasteiger partial charge in [0.1, 0.15) is 5.82 Å². The molecule has 0 amide bonds. The summed E-state index contributed by atoms with van der Waals surface area (Å²) in [5, 5.41) is 3.55. The fourth-order valence-corrected chi connectivity index (χ4v) is 2.09. The maximum Gasteiger partial charge on any atom is 0.133 e. The number of anilines is 1. The zero-order chi connectivity index (χ0) is 12.4. The summed E-state index contributed by atoms with van der Waals surface area (Å²) in [6.07, 6.45) is 4.50. The Bertz CT molecular complexity index is 388. The highest BCUT2D eigenvalue weighted by molar-refractivity contribution is 9.10. The van der Waals surface area contributed by atoms with Gasteiger partial charge in [-0.25, -0.2) is 4.98 Å². The lowest BCUT2D eigenvalue weighted by atomic mass is 10.2. The number of aromatic nitrogens is 1. The molecule has 3 nitrogen and oxygen atoms in total. The lowest BCUT2D eigenvalue weighted by Crippen LogP contribution is -2.29. The van der Waals surface area contributed by atoms with E-state index in [1.54, 1.807) is 0 Å². The second kappa shape index (κ2) is 5.36. The van der Waals surface area contributed by atoms with Crippen LogP contribution in [-0.2, 0) is 6.54 Å². The van der Waals surface area contributed by atoms with Crippen molar-refractivity contribution in [3.63, 3.8) is 0 Å². The first-order valence-corrected chi connectivity index (χ1v) is 6.98. The van der Waals surface area contributed by atoms with Gasteiger partial charge < -0.3 is 10.2 Å². The van der Waals surface area contributed by atoms with Crippen LogP contribution in [0.2, 0.25) is 0 Å². The Morgan fingerprint density at radius 1 is 1.53 bits per heavy atom. The number of nitrogens with zero attached hydrogens (tertiary/aromatic N) is 2. The van der Waals surface area contributed by atoms with Crippen LogP contribution in [0.1, 0.15) is 32.3 Å². The Morgan fingerprint density at radius 3 is 2.82 bits per heavy atom. The van der Waals surface area contributed by atoms with Gasteiger partial charge in [0.05, 0.1) is 0 Å². The minimum atomic E-state index is 0.461. The Hall–Kier alpha value is -0.610. The molecule has 2 rings (SSSR count). The molecule has 1 saturated carbocycles. The molecule has 1 aliphatic rings. The van der Waals surface area contributed by atoms with Crippen molar-refractivity contribution < 1.29 is 0 Å². The first kappa shape index (κ1) is 12.8. The zero-order valence-corrected chi connectivity index (χ0v) is 12.3. The van der Waals surface area contributed by atoms with Crippen LogP contribution in [0.15, 0.2) is 16.7 Å². The minimum absolute atomic E-state index is 0.461. The largest absolute Gasteiger partial charge is 0.357 e. The molecule has 0 spiro atoms. The van der Waals surface area contributed by atoms with Crippen molar-refractivity contribution in [2.45, 2.75) is 45.3 Å². The van der Waals surface area contributed by atoms with E-state index in [4.69, 9.17) is 0 Å². The Labute approximate surface area is 112 Å². The maximum atomic E-state index is 4.54. The van der Waals surface area contributed by atoms with Gasteiger partial charge >= 0.3 is 0 Å². The van der Waals surface area contributed by atoms with Gasteiger partial charge in [-0.1, -0.05) is 0 Å². The fourth-order valence-electron chi connectivity index (χ4n) is 1.71. The van der Waals surface area contributed by atoms with Crippen molar-refractivity contribution in [3.8, 4) is 0 Å². The molecule has 1 aromatic rings. The summed E-state index contributed by atoms with van der Waals surface area (Å²) in [6, 6.07) is 3.35. The van der Waals surface area contributed by atoms with Gasteiger partial charge in [-0.05, 0) is 48.7 Å². The van der Waals surface area contributed by atoms with Gasteiger partial charge in [0.2, 0.25) is 0 Å². The average Bonchev–Trinajstić information content (AvgIpc) is 3.09. The number of rotatable bonds is 5. The highest BCUT2D eigenvalue weighted by Crippen LogP contribution is 2.24. The summed E-state index contributed by atoms with van der Waals surface area (Å²) < 4.78 is 1.05. The highest BCUT2D eigenvalue weighted by Gasteiger charge is 2.21. The van der Waals surface area contributed by atoms with Crippen molar-refractivity contribution in [2.24, 2.45) is 0 Å². The van der Waals surface area contributed by atoms with E-state index in [1.807, 2.05) is 6.20 Å². The first-order chi connectivity index (χ1) is 8.08. The Balaban J connectivity index is 2.16. The molecule has 0 radical (unpaired) electrons. The van der Waals surface area contributed by atoms with E-state index in [-0.39, 0.29) is 0 Å². The van der Waals surface area contributed by atoms with Crippen LogP contribution in [0.25, 0.3) is 0 Å². The third kappa shape index (κ3) is 3.42. The summed E-state index contributed by atoms with van der Waals surface area (Å²) in [4.78, 5) is 6.76. The SMILES string of the molecule is CC(C)N(C)c1ncc(Br)cc1CNC1CC1. The van der Waals surface area contributed by atoms with Crippen molar-refractivity contribution in [3.05, 3.63) is 22.3 Å². The van der Waals surface area contributed by atoms with Gasteiger partial charge in [-0.15, -0.1) is 0 Å². The molecule has 94 valence electrons. The molecule has 1 heterocycles. The van der Waals surface area contributed by atoms with Crippen LogP contribution < -0.4 is 10.2 Å².